The van der Waals surface area contributed by atoms with Crippen molar-refractivity contribution < 1.29 is 4.79 Å². The number of carbonyl (C=O) groups excluding carboxylic acids is 1. The third-order valence-corrected chi connectivity index (χ3v) is 2.45. The van der Waals surface area contributed by atoms with Gasteiger partial charge in [0.25, 0.3) is 0 Å². The van der Waals surface area contributed by atoms with E-state index in [0.717, 1.165) is 13.0 Å². The van der Waals surface area contributed by atoms with Gasteiger partial charge in [-0.05, 0) is 45.1 Å². The summed E-state index contributed by atoms with van der Waals surface area (Å²) in [5.41, 5.74) is 1.51. The summed E-state index contributed by atoms with van der Waals surface area (Å²) in [6, 6.07) is 0. The molecule has 0 atom stereocenters. The minimum atomic E-state index is 0.0175. The van der Waals surface area contributed by atoms with E-state index in [1.807, 2.05) is 6.92 Å². The molecule has 0 aromatic heterocycles. The van der Waals surface area contributed by atoms with Gasteiger partial charge in [0.2, 0.25) is 5.91 Å². The van der Waals surface area contributed by atoms with Crippen molar-refractivity contribution in [3.05, 3.63) is 23.8 Å². The summed E-state index contributed by atoms with van der Waals surface area (Å²) < 4.78 is 0. The Morgan fingerprint density at radius 3 is 3.07 bits per heavy atom. The molecule has 0 radical (unpaired) electrons. The maximum Gasteiger partial charge on any atom is 0.243 e. The highest BCUT2D eigenvalue weighted by atomic mass is 16.1. The molecule has 1 N–H and O–H groups in total. The lowest BCUT2D eigenvalue weighted by Gasteiger charge is -2.12. The average Bonchev–Trinajstić information content (AvgIpc) is 2.20. The van der Waals surface area contributed by atoms with Crippen molar-refractivity contribution in [2.45, 2.75) is 39.0 Å². The van der Waals surface area contributed by atoms with E-state index in [1.54, 1.807) is 12.2 Å². The zero-order valence-corrected chi connectivity index (χ0v) is 8.88. The molecule has 2 nitrogen and oxygen atoms in total. The van der Waals surface area contributed by atoms with E-state index in [4.69, 9.17) is 0 Å². The Hall–Kier alpha value is -1.05. The fourth-order valence-corrected chi connectivity index (χ4v) is 1.69. The number of nitrogens with one attached hydrogen (secondary N) is 1. The molecule has 0 aromatic rings. The van der Waals surface area contributed by atoms with Gasteiger partial charge in [0.1, 0.15) is 0 Å². The van der Waals surface area contributed by atoms with E-state index in [0.29, 0.717) is 0 Å². The Morgan fingerprint density at radius 2 is 2.43 bits per heavy atom. The molecule has 1 rings (SSSR count). The second-order valence-electron chi connectivity index (χ2n) is 3.65. The Morgan fingerprint density at radius 1 is 1.57 bits per heavy atom. The standard InChI is InChI=1S/C12H19NO/c1-2-6-12(14)13-10-9-11-7-4-3-5-8-11/h2,6-7H,3-5,8-10H2,1H3,(H,13,14)/b6-2+. The van der Waals surface area contributed by atoms with Crippen LogP contribution < -0.4 is 5.32 Å². The smallest absolute Gasteiger partial charge is 0.243 e. The first-order valence-electron chi connectivity index (χ1n) is 5.41. The number of amides is 1. The van der Waals surface area contributed by atoms with Crippen molar-refractivity contribution in [2.75, 3.05) is 6.54 Å². The summed E-state index contributed by atoms with van der Waals surface area (Å²) in [7, 11) is 0. The average molecular weight is 193 g/mol. The molecule has 0 bridgehead atoms. The SMILES string of the molecule is C/C=C/C(=O)NCCC1=CCCCC1. The Bertz CT molecular complexity index is 241. The quantitative estimate of drug-likeness (QED) is 0.539. The first kappa shape index (κ1) is 11.0. The number of allylic oxidation sites excluding steroid dienone is 2. The van der Waals surface area contributed by atoms with Gasteiger partial charge in [-0.2, -0.15) is 0 Å². The Kier molecular flexibility index (Phi) is 5.05. The molecule has 0 aliphatic heterocycles. The van der Waals surface area contributed by atoms with Gasteiger partial charge >= 0.3 is 0 Å². The fraction of sp³-hybridized carbons (Fsp3) is 0.583. The molecular formula is C12H19NO. The summed E-state index contributed by atoms with van der Waals surface area (Å²) in [5.74, 6) is 0.0175. The third kappa shape index (κ3) is 4.26. The molecule has 1 aliphatic rings. The van der Waals surface area contributed by atoms with Gasteiger partial charge in [-0.15, -0.1) is 0 Å². The zero-order chi connectivity index (χ0) is 10.2. The molecule has 1 amide bonds. The Labute approximate surface area is 86.1 Å². The molecular weight excluding hydrogens is 174 g/mol. The molecule has 0 heterocycles. The maximum absolute atomic E-state index is 11.1. The van der Waals surface area contributed by atoms with Gasteiger partial charge < -0.3 is 5.32 Å². The maximum atomic E-state index is 11.1. The molecule has 1 aliphatic carbocycles. The predicted molar refractivity (Wildman–Crippen MR) is 59.0 cm³/mol. The molecule has 0 unspecified atom stereocenters. The highest BCUT2D eigenvalue weighted by Gasteiger charge is 2.03. The van der Waals surface area contributed by atoms with Crippen LogP contribution in [0.5, 0.6) is 0 Å². The van der Waals surface area contributed by atoms with Crippen LogP contribution in [-0.4, -0.2) is 12.5 Å². The van der Waals surface area contributed by atoms with Crippen LogP contribution in [0.4, 0.5) is 0 Å². The van der Waals surface area contributed by atoms with E-state index in [2.05, 4.69) is 11.4 Å². The number of hydrogen-bond donors (Lipinski definition) is 1. The molecule has 0 saturated heterocycles. The summed E-state index contributed by atoms with van der Waals surface area (Å²) in [4.78, 5) is 11.1. The van der Waals surface area contributed by atoms with Crippen molar-refractivity contribution in [1.29, 1.82) is 0 Å². The van der Waals surface area contributed by atoms with Gasteiger partial charge in [0.05, 0.1) is 0 Å². The van der Waals surface area contributed by atoms with E-state index in [9.17, 15) is 4.79 Å². The zero-order valence-electron chi connectivity index (χ0n) is 8.88. The van der Waals surface area contributed by atoms with Gasteiger partial charge in [-0.25, -0.2) is 0 Å². The molecule has 0 fully saturated rings. The first-order chi connectivity index (χ1) is 6.83. The molecule has 0 saturated carbocycles. The van der Waals surface area contributed by atoms with E-state index < -0.39 is 0 Å². The minimum absolute atomic E-state index is 0.0175. The number of rotatable bonds is 4. The molecule has 0 spiro atoms. The van der Waals surface area contributed by atoms with Crippen molar-refractivity contribution >= 4 is 5.91 Å². The highest BCUT2D eigenvalue weighted by Crippen LogP contribution is 2.19. The number of carbonyl (C=O) groups is 1. The van der Waals surface area contributed by atoms with Crippen molar-refractivity contribution in [3.63, 3.8) is 0 Å². The van der Waals surface area contributed by atoms with E-state index in [-0.39, 0.29) is 5.91 Å². The van der Waals surface area contributed by atoms with Gasteiger partial charge in [0.15, 0.2) is 0 Å². The van der Waals surface area contributed by atoms with Crippen molar-refractivity contribution in [1.82, 2.24) is 5.32 Å². The van der Waals surface area contributed by atoms with E-state index in [1.165, 1.54) is 31.3 Å². The van der Waals surface area contributed by atoms with Crippen LogP contribution in [0.25, 0.3) is 0 Å². The van der Waals surface area contributed by atoms with Crippen molar-refractivity contribution in [2.24, 2.45) is 0 Å². The van der Waals surface area contributed by atoms with E-state index >= 15 is 0 Å². The summed E-state index contributed by atoms with van der Waals surface area (Å²) >= 11 is 0. The summed E-state index contributed by atoms with van der Waals surface area (Å²) in [6.45, 7) is 2.62. The second kappa shape index (κ2) is 6.41. The minimum Gasteiger partial charge on any atom is -0.352 e. The van der Waals surface area contributed by atoms with Gasteiger partial charge in [-0.3, -0.25) is 4.79 Å². The second-order valence-corrected chi connectivity index (χ2v) is 3.65. The van der Waals surface area contributed by atoms with Crippen LogP contribution in [0.3, 0.4) is 0 Å². The third-order valence-electron chi connectivity index (χ3n) is 2.45. The lowest BCUT2D eigenvalue weighted by Crippen LogP contribution is -2.22. The normalized spacial score (nSPS) is 16.8. The predicted octanol–water partition coefficient (Wildman–Crippen LogP) is 2.57. The topological polar surface area (TPSA) is 29.1 Å². The van der Waals surface area contributed by atoms with Crippen LogP contribution in [0, 0.1) is 0 Å². The monoisotopic (exact) mass is 193 g/mol. The number of hydrogen-bond acceptors (Lipinski definition) is 1. The highest BCUT2D eigenvalue weighted by molar-refractivity contribution is 5.87. The largest absolute Gasteiger partial charge is 0.352 e. The van der Waals surface area contributed by atoms with Crippen LogP contribution in [0.1, 0.15) is 39.0 Å². The first-order valence-corrected chi connectivity index (χ1v) is 5.41. The van der Waals surface area contributed by atoms with Crippen LogP contribution in [0.15, 0.2) is 23.8 Å². The lowest BCUT2D eigenvalue weighted by atomic mass is 9.97. The fourth-order valence-electron chi connectivity index (χ4n) is 1.69. The molecule has 78 valence electrons. The van der Waals surface area contributed by atoms with Crippen molar-refractivity contribution in [3.8, 4) is 0 Å². The van der Waals surface area contributed by atoms with Gasteiger partial charge in [0, 0.05) is 6.54 Å². The summed E-state index contributed by atoms with van der Waals surface area (Å²) in [5, 5.41) is 2.86. The van der Waals surface area contributed by atoms with Gasteiger partial charge in [-0.1, -0.05) is 17.7 Å². The molecule has 14 heavy (non-hydrogen) atoms. The molecule has 2 heteroatoms. The molecule has 0 aromatic carbocycles. The Balaban J connectivity index is 2.14. The van der Waals surface area contributed by atoms with Crippen LogP contribution >= 0.6 is 0 Å². The summed E-state index contributed by atoms with van der Waals surface area (Å²) in [6.07, 6.45) is 11.7. The van der Waals surface area contributed by atoms with Crippen LogP contribution in [0.2, 0.25) is 0 Å². The lowest BCUT2D eigenvalue weighted by molar-refractivity contribution is -0.116. The van der Waals surface area contributed by atoms with Crippen LogP contribution in [-0.2, 0) is 4.79 Å².